The van der Waals surface area contributed by atoms with Crippen molar-refractivity contribution >= 4 is 0 Å². The first kappa shape index (κ1) is 11.9. The molecular weight excluding hydrogens is 184 g/mol. The maximum atomic E-state index is 9.74. The van der Waals surface area contributed by atoms with Gasteiger partial charge in [0.1, 0.15) is 11.7 Å². The highest BCUT2D eigenvalue weighted by molar-refractivity contribution is 5.01. The van der Waals surface area contributed by atoms with Crippen molar-refractivity contribution in [3.8, 4) is 0 Å². The molecule has 1 aliphatic rings. The van der Waals surface area contributed by atoms with E-state index in [2.05, 4.69) is 0 Å². The van der Waals surface area contributed by atoms with Gasteiger partial charge in [-0.05, 0) is 25.2 Å². The van der Waals surface area contributed by atoms with Crippen molar-refractivity contribution in [1.29, 1.82) is 0 Å². The molecule has 0 aromatic heterocycles. The fourth-order valence-electron chi connectivity index (χ4n) is 2.08. The predicted octanol–water partition coefficient (Wildman–Crippen LogP) is -0.504. The van der Waals surface area contributed by atoms with Crippen LogP contribution in [0.4, 0.5) is 0 Å². The number of aliphatic hydroxyl groups excluding tert-OH is 3. The average molecular weight is 204 g/mol. The monoisotopic (exact) mass is 204 g/mol. The number of hydrogen-bond acceptors (Lipinski definition) is 4. The van der Waals surface area contributed by atoms with Gasteiger partial charge in [-0.3, -0.25) is 0 Å². The Morgan fingerprint density at radius 2 is 1.71 bits per heavy atom. The highest BCUT2D eigenvalue weighted by atomic mass is 16.4. The minimum atomic E-state index is -1.61. The summed E-state index contributed by atoms with van der Waals surface area (Å²) in [7, 11) is 0. The van der Waals surface area contributed by atoms with Crippen LogP contribution >= 0.6 is 0 Å². The first-order valence-corrected chi connectivity index (χ1v) is 5.05. The summed E-state index contributed by atoms with van der Waals surface area (Å²) in [4.78, 5) is 0. The lowest BCUT2D eigenvalue weighted by atomic mass is 9.70. The van der Waals surface area contributed by atoms with Crippen LogP contribution in [0.2, 0.25) is 0 Å². The minimum absolute atomic E-state index is 0.166. The van der Waals surface area contributed by atoms with Crippen LogP contribution < -0.4 is 0 Å². The van der Waals surface area contributed by atoms with Gasteiger partial charge in [-0.25, -0.2) is 0 Å². The van der Waals surface area contributed by atoms with E-state index >= 15 is 0 Å². The molecule has 1 saturated carbocycles. The quantitative estimate of drug-likeness (QED) is 0.464. The van der Waals surface area contributed by atoms with E-state index in [1.807, 2.05) is 13.8 Å². The molecule has 0 amide bonds. The highest BCUT2D eigenvalue weighted by Crippen LogP contribution is 2.36. The van der Waals surface area contributed by atoms with Crippen LogP contribution in [-0.2, 0) is 0 Å². The second-order valence-electron chi connectivity index (χ2n) is 4.82. The third kappa shape index (κ3) is 1.80. The summed E-state index contributed by atoms with van der Waals surface area (Å²) >= 11 is 0. The van der Waals surface area contributed by atoms with Crippen LogP contribution in [0.1, 0.15) is 27.2 Å². The molecule has 1 aliphatic carbocycles. The Balaban J connectivity index is 2.84. The zero-order chi connectivity index (χ0) is 11.1. The molecule has 4 N–H and O–H groups in total. The molecule has 0 unspecified atom stereocenters. The van der Waals surface area contributed by atoms with Gasteiger partial charge < -0.3 is 20.4 Å². The topological polar surface area (TPSA) is 80.9 Å². The Hall–Kier alpha value is -0.160. The third-order valence-electron chi connectivity index (χ3n) is 3.39. The SMILES string of the molecule is CC(C)[C@H]1C[C@H](O)[C@](C)(O)[C@H](O)[C@@H]1O. The lowest BCUT2D eigenvalue weighted by Crippen LogP contribution is -2.62. The highest BCUT2D eigenvalue weighted by Gasteiger charge is 2.50. The van der Waals surface area contributed by atoms with Crippen molar-refractivity contribution in [2.24, 2.45) is 11.8 Å². The normalized spacial score (nSPS) is 49.7. The number of rotatable bonds is 1. The fraction of sp³-hybridized carbons (Fsp3) is 1.00. The third-order valence-corrected chi connectivity index (χ3v) is 3.39. The first-order chi connectivity index (χ1) is 6.28. The van der Waals surface area contributed by atoms with Gasteiger partial charge in [0.25, 0.3) is 0 Å². The van der Waals surface area contributed by atoms with Gasteiger partial charge in [0, 0.05) is 0 Å². The Kier molecular flexibility index (Phi) is 3.21. The molecule has 0 spiro atoms. The van der Waals surface area contributed by atoms with Crippen molar-refractivity contribution in [1.82, 2.24) is 0 Å². The van der Waals surface area contributed by atoms with E-state index in [1.165, 1.54) is 6.92 Å². The molecule has 0 radical (unpaired) electrons. The van der Waals surface area contributed by atoms with Crippen LogP contribution in [0.3, 0.4) is 0 Å². The van der Waals surface area contributed by atoms with Gasteiger partial charge in [0.2, 0.25) is 0 Å². The molecule has 1 fully saturated rings. The van der Waals surface area contributed by atoms with Gasteiger partial charge in [-0.1, -0.05) is 13.8 Å². The molecule has 4 heteroatoms. The summed E-state index contributed by atoms with van der Waals surface area (Å²) in [5, 5.41) is 38.7. The summed E-state index contributed by atoms with van der Waals surface area (Å²) < 4.78 is 0. The van der Waals surface area contributed by atoms with Crippen LogP contribution in [0.25, 0.3) is 0 Å². The molecule has 4 nitrogen and oxygen atoms in total. The summed E-state index contributed by atoms with van der Waals surface area (Å²) in [6.45, 7) is 5.20. The second-order valence-corrected chi connectivity index (χ2v) is 4.82. The smallest absolute Gasteiger partial charge is 0.116 e. The molecule has 0 aromatic carbocycles. The minimum Gasteiger partial charge on any atom is -0.390 e. The lowest BCUT2D eigenvalue weighted by molar-refractivity contribution is -0.214. The molecule has 5 atom stereocenters. The molecule has 0 aliphatic heterocycles. The molecule has 0 saturated heterocycles. The van der Waals surface area contributed by atoms with E-state index in [1.54, 1.807) is 0 Å². The Morgan fingerprint density at radius 1 is 1.21 bits per heavy atom. The summed E-state index contributed by atoms with van der Waals surface area (Å²) in [6.07, 6.45) is -2.90. The van der Waals surface area contributed by atoms with Crippen molar-refractivity contribution in [2.45, 2.75) is 51.1 Å². The maximum absolute atomic E-state index is 9.74. The predicted molar refractivity (Wildman–Crippen MR) is 51.6 cm³/mol. The maximum Gasteiger partial charge on any atom is 0.116 e. The number of hydrogen-bond donors (Lipinski definition) is 4. The number of aliphatic hydroxyl groups is 4. The van der Waals surface area contributed by atoms with Gasteiger partial charge in [-0.15, -0.1) is 0 Å². The largest absolute Gasteiger partial charge is 0.390 e. The standard InChI is InChI=1S/C10H20O4/c1-5(2)6-4-7(11)10(3,14)9(13)8(6)12/h5-9,11-14H,4H2,1-3H3/t6-,7+,8-,9-,10+/m1/s1. The van der Waals surface area contributed by atoms with Gasteiger partial charge in [0.15, 0.2) is 0 Å². The molecule has 1 rings (SSSR count). The van der Waals surface area contributed by atoms with Gasteiger partial charge in [-0.2, -0.15) is 0 Å². The van der Waals surface area contributed by atoms with Gasteiger partial charge >= 0.3 is 0 Å². The first-order valence-electron chi connectivity index (χ1n) is 5.05. The zero-order valence-corrected chi connectivity index (χ0v) is 8.88. The van der Waals surface area contributed by atoms with Crippen molar-refractivity contribution in [3.63, 3.8) is 0 Å². The van der Waals surface area contributed by atoms with E-state index in [4.69, 9.17) is 0 Å². The molecule has 14 heavy (non-hydrogen) atoms. The Bertz CT molecular complexity index is 200. The van der Waals surface area contributed by atoms with Crippen molar-refractivity contribution in [3.05, 3.63) is 0 Å². The van der Waals surface area contributed by atoms with Crippen LogP contribution in [0.5, 0.6) is 0 Å². The van der Waals surface area contributed by atoms with Crippen LogP contribution in [0.15, 0.2) is 0 Å². The fourth-order valence-corrected chi connectivity index (χ4v) is 2.08. The second kappa shape index (κ2) is 3.77. The molecular formula is C10H20O4. The van der Waals surface area contributed by atoms with E-state index in [0.29, 0.717) is 6.42 Å². The zero-order valence-electron chi connectivity index (χ0n) is 8.88. The van der Waals surface area contributed by atoms with E-state index in [9.17, 15) is 20.4 Å². The molecule has 0 bridgehead atoms. The Labute approximate surface area is 84.2 Å². The summed E-state index contributed by atoms with van der Waals surface area (Å²) in [5.41, 5.74) is -1.61. The summed E-state index contributed by atoms with van der Waals surface area (Å²) in [6, 6.07) is 0. The van der Waals surface area contributed by atoms with Crippen LogP contribution in [-0.4, -0.2) is 44.3 Å². The average Bonchev–Trinajstić information content (AvgIpc) is 2.08. The van der Waals surface area contributed by atoms with Crippen LogP contribution in [0, 0.1) is 11.8 Å². The molecule has 84 valence electrons. The Morgan fingerprint density at radius 3 is 2.14 bits per heavy atom. The van der Waals surface area contributed by atoms with E-state index < -0.39 is 23.9 Å². The molecule has 0 aromatic rings. The molecule has 0 heterocycles. The van der Waals surface area contributed by atoms with E-state index in [0.717, 1.165) is 0 Å². The van der Waals surface area contributed by atoms with E-state index in [-0.39, 0.29) is 11.8 Å². The van der Waals surface area contributed by atoms with Crippen molar-refractivity contribution in [2.75, 3.05) is 0 Å². The summed E-state index contributed by atoms with van der Waals surface area (Å²) in [5.74, 6) is 0.00521. The van der Waals surface area contributed by atoms with Gasteiger partial charge in [0.05, 0.1) is 12.2 Å². The van der Waals surface area contributed by atoms with Crippen molar-refractivity contribution < 1.29 is 20.4 Å². The lowest BCUT2D eigenvalue weighted by Gasteiger charge is -2.46.